The number of hydrogen-bond acceptors (Lipinski definition) is 2. The van der Waals surface area contributed by atoms with Gasteiger partial charge in [0.1, 0.15) is 0 Å². The van der Waals surface area contributed by atoms with Crippen molar-refractivity contribution in [3.8, 4) is 0 Å². The zero-order chi connectivity index (χ0) is 12.7. The molecule has 0 saturated heterocycles. The van der Waals surface area contributed by atoms with Crippen molar-refractivity contribution in [2.75, 3.05) is 13.1 Å². The number of rotatable bonds is 1. The van der Waals surface area contributed by atoms with Gasteiger partial charge in [0.15, 0.2) is 0 Å². The number of carbonyl (C=O) groups excluding carboxylic acids is 1. The second kappa shape index (κ2) is 21.9. The van der Waals surface area contributed by atoms with Crippen LogP contribution in [-0.4, -0.2) is 35.8 Å². The average molecular weight is 302 g/mol. The normalized spacial score (nSPS) is 8.19. The molecule has 3 N–H and O–H groups in total. The summed E-state index contributed by atoms with van der Waals surface area (Å²) < 4.78 is 0. The third-order valence-electron chi connectivity index (χ3n) is 1.48. The standard InChI is InChI=1S/C7H15NO.C5H13N.4CH4.2B/c1-6(9)8-5-7(2,3)4;1-5(2,3)4-6;;;;;;/h5H2,1-4H3,(H,8,9);4,6H2,1-3H3;4*1H4;;. The Morgan fingerprint density at radius 3 is 1.14 bits per heavy atom. The van der Waals surface area contributed by atoms with Gasteiger partial charge in [-0.1, -0.05) is 71.2 Å². The molecule has 0 rings (SSSR count). The van der Waals surface area contributed by atoms with Gasteiger partial charge < -0.3 is 11.1 Å². The van der Waals surface area contributed by atoms with Crippen molar-refractivity contribution in [3.05, 3.63) is 0 Å². The quantitative estimate of drug-likeness (QED) is 0.721. The zero-order valence-corrected chi connectivity index (χ0v) is 12.6. The van der Waals surface area contributed by atoms with Gasteiger partial charge in [-0.3, -0.25) is 4.79 Å². The van der Waals surface area contributed by atoms with E-state index in [2.05, 4.69) is 46.9 Å². The van der Waals surface area contributed by atoms with E-state index in [1.54, 1.807) is 0 Å². The molecule has 6 radical (unpaired) electrons. The Morgan fingerprint density at radius 1 is 0.857 bits per heavy atom. The fourth-order valence-corrected chi connectivity index (χ4v) is 0.390. The molecule has 0 heterocycles. The highest BCUT2D eigenvalue weighted by atomic mass is 16.1. The molecule has 0 atom stereocenters. The van der Waals surface area contributed by atoms with Crippen molar-refractivity contribution in [1.82, 2.24) is 5.32 Å². The van der Waals surface area contributed by atoms with E-state index in [0.717, 1.165) is 13.1 Å². The molecule has 0 aliphatic heterocycles. The van der Waals surface area contributed by atoms with Crippen molar-refractivity contribution in [3.63, 3.8) is 0 Å². The molecule has 21 heavy (non-hydrogen) atoms. The van der Waals surface area contributed by atoms with Gasteiger partial charge in [-0.05, 0) is 17.4 Å². The van der Waals surface area contributed by atoms with Crippen LogP contribution < -0.4 is 11.1 Å². The zero-order valence-electron chi connectivity index (χ0n) is 12.6. The molecule has 0 aromatic rings. The minimum atomic E-state index is 0. The van der Waals surface area contributed by atoms with Crippen LogP contribution in [0.4, 0.5) is 0 Å². The largest absolute Gasteiger partial charge is 0.356 e. The SMILES string of the molecule is C.C.C.C.CC(=O)NCC(C)(C)C.CC(C)(C)CN.[B].[B]. The maximum atomic E-state index is 10.4. The van der Waals surface area contributed by atoms with E-state index in [1.807, 2.05) is 0 Å². The second-order valence-electron chi connectivity index (χ2n) is 6.24. The molecular weight excluding hydrogens is 258 g/mol. The van der Waals surface area contributed by atoms with Gasteiger partial charge in [-0.25, -0.2) is 0 Å². The van der Waals surface area contributed by atoms with Crippen molar-refractivity contribution < 1.29 is 4.79 Å². The minimum absolute atomic E-state index is 0. The number of carbonyl (C=O) groups is 1. The molecule has 0 aliphatic carbocycles. The summed E-state index contributed by atoms with van der Waals surface area (Å²) in [4.78, 5) is 10.4. The Balaban J connectivity index is -0.0000000217. The molecule has 0 aromatic heterocycles. The number of amides is 1. The molecular formula is C16H44B2N2O. The van der Waals surface area contributed by atoms with Gasteiger partial charge in [0.25, 0.3) is 0 Å². The summed E-state index contributed by atoms with van der Waals surface area (Å²) >= 11 is 0. The smallest absolute Gasteiger partial charge is 0.216 e. The van der Waals surface area contributed by atoms with Crippen molar-refractivity contribution >= 4 is 22.7 Å². The first kappa shape index (κ1) is 49.9. The van der Waals surface area contributed by atoms with Crippen LogP contribution in [-0.2, 0) is 4.79 Å². The highest BCUT2D eigenvalue weighted by Gasteiger charge is 2.09. The topological polar surface area (TPSA) is 55.1 Å². The van der Waals surface area contributed by atoms with Crippen LogP contribution in [0.2, 0.25) is 0 Å². The van der Waals surface area contributed by atoms with Crippen LogP contribution in [0.5, 0.6) is 0 Å². The Kier molecular flexibility index (Phi) is 51.9. The molecule has 0 spiro atoms. The Bertz CT molecular complexity index is 186. The van der Waals surface area contributed by atoms with Gasteiger partial charge in [0.2, 0.25) is 5.91 Å². The Labute approximate surface area is 141 Å². The molecule has 0 aliphatic rings. The lowest BCUT2D eigenvalue weighted by Crippen LogP contribution is -2.30. The summed E-state index contributed by atoms with van der Waals surface area (Å²) in [5.41, 5.74) is 5.83. The van der Waals surface area contributed by atoms with E-state index in [9.17, 15) is 4.79 Å². The first-order valence-electron chi connectivity index (χ1n) is 5.42. The highest BCUT2D eigenvalue weighted by Crippen LogP contribution is 2.09. The Hall–Kier alpha value is -0.440. The Morgan fingerprint density at radius 2 is 1.10 bits per heavy atom. The van der Waals surface area contributed by atoms with E-state index < -0.39 is 0 Å². The fraction of sp³-hybridized carbons (Fsp3) is 0.938. The fourth-order valence-electron chi connectivity index (χ4n) is 0.390. The van der Waals surface area contributed by atoms with Crippen LogP contribution in [0.25, 0.3) is 0 Å². The molecule has 3 nitrogen and oxygen atoms in total. The van der Waals surface area contributed by atoms with Gasteiger partial charge >= 0.3 is 0 Å². The van der Waals surface area contributed by atoms with Crippen LogP contribution in [0.3, 0.4) is 0 Å². The number of nitrogens with one attached hydrogen (secondary N) is 1. The lowest BCUT2D eigenvalue weighted by molar-refractivity contribution is -0.119. The molecule has 130 valence electrons. The van der Waals surface area contributed by atoms with Crippen molar-refractivity contribution in [2.24, 2.45) is 16.6 Å². The first-order chi connectivity index (χ1) is 6.48. The summed E-state index contributed by atoms with van der Waals surface area (Å²) in [6, 6.07) is 0. The van der Waals surface area contributed by atoms with E-state index in [0.29, 0.717) is 5.41 Å². The van der Waals surface area contributed by atoms with E-state index >= 15 is 0 Å². The molecule has 5 heteroatoms. The lowest BCUT2D eigenvalue weighted by Gasteiger charge is -2.17. The van der Waals surface area contributed by atoms with Crippen LogP contribution in [0.1, 0.15) is 78.2 Å². The second-order valence-corrected chi connectivity index (χ2v) is 6.24. The van der Waals surface area contributed by atoms with Gasteiger partial charge in [0, 0.05) is 30.3 Å². The van der Waals surface area contributed by atoms with Crippen molar-refractivity contribution in [2.45, 2.75) is 78.2 Å². The first-order valence-corrected chi connectivity index (χ1v) is 5.42. The van der Waals surface area contributed by atoms with Crippen LogP contribution in [0, 0.1) is 10.8 Å². The molecule has 1 amide bonds. The molecule has 0 fully saturated rings. The number of nitrogens with two attached hydrogens (primary N) is 1. The third-order valence-corrected chi connectivity index (χ3v) is 1.48. The minimum Gasteiger partial charge on any atom is -0.356 e. The van der Waals surface area contributed by atoms with Crippen LogP contribution >= 0.6 is 0 Å². The maximum absolute atomic E-state index is 10.4. The summed E-state index contributed by atoms with van der Waals surface area (Å²) in [6.07, 6.45) is 0. The van der Waals surface area contributed by atoms with Crippen LogP contribution in [0.15, 0.2) is 0 Å². The summed E-state index contributed by atoms with van der Waals surface area (Å²) in [7, 11) is 0. The summed E-state index contributed by atoms with van der Waals surface area (Å²) in [6.45, 7) is 15.7. The predicted octanol–water partition coefficient (Wildman–Crippen LogP) is 3.94. The lowest BCUT2D eigenvalue weighted by atomic mass is 9.97. The van der Waals surface area contributed by atoms with Gasteiger partial charge in [0.05, 0.1) is 0 Å². The highest BCUT2D eigenvalue weighted by molar-refractivity contribution is 5.76. The van der Waals surface area contributed by atoms with Gasteiger partial charge in [-0.15, -0.1) is 0 Å². The van der Waals surface area contributed by atoms with Crippen molar-refractivity contribution in [1.29, 1.82) is 0 Å². The van der Waals surface area contributed by atoms with E-state index in [-0.39, 0.29) is 57.9 Å². The van der Waals surface area contributed by atoms with E-state index in [4.69, 9.17) is 5.73 Å². The molecule has 0 aromatic carbocycles. The maximum Gasteiger partial charge on any atom is 0.216 e. The van der Waals surface area contributed by atoms with E-state index in [1.165, 1.54) is 6.92 Å². The van der Waals surface area contributed by atoms with Gasteiger partial charge in [-0.2, -0.15) is 0 Å². The molecule has 0 unspecified atom stereocenters. The summed E-state index contributed by atoms with van der Waals surface area (Å²) in [5, 5.41) is 2.75. The predicted molar refractivity (Wildman–Crippen MR) is 105 cm³/mol. The number of hydrogen-bond donors (Lipinski definition) is 2. The molecule has 0 bridgehead atoms. The molecule has 0 saturated carbocycles. The third kappa shape index (κ3) is 82.3. The summed E-state index contributed by atoms with van der Waals surface area (Å²) in [5.74, 6) is 0.0462. The average Bonchev–Trinajstić information content (AvgIpc) is 2.00. The monoisotopic (exact) mass is 302 g/mol.